The number of amides is 2. The molecule has 1 aliphatic rings. The van der Waals surface area contributed by atoms with Crippen molar-refractivity contribution in [2.45, 2.75) is 18.9 Å². The molecule has 1 fully saturated rings. The Morgan fingerprint density at radius 3 is 2.92 bits per heavy atom. The molecule has 0 bridgehead atoms. The van der Waals surface area contributed by atoms with Crippen molar-refractivity contribution in [1.29, 1.82) is 0 Å². The van der Waals surface area contributed by atoms with Crippen molar-refractivity contribution < 1.29 is 9.90 Å². The van der Waals surface area contributed by atoms with E-state index in [0.717, 1.165) is 6.54 Å². The van der Waals surface area contributed by atoms with Crippen LogP contribution in [0.4, 0.5) is 4.79 Å². The minimum Gasteiger partial charge on any atom is -0.387 e. The predicted molar refractivity (Wildman–Crippen MR) is 49.5 cm³/mol. The largest absolute Gasteiger partial charge is 0.387 e. The molecule has 0 spiro atoms. The molecule has 76 valence electrons. The topological polar surface area (TPSA) is 73.4 Å². The van der Waals surface area contributed by atoms with E-state index in [1.807, 2.05) is 6.92 Å². The number of β-amino-alcohol motifs (C(OH)–C–C–N with tert-alkyl or cyclic N) is 1. The monoisotopic (exact) mass is 187 g/mol. The van der Waals surface area contributed by atoms with Gasteiger partial charge in [0.15, 0.2) is 0 Å². The molecule has 1 aliphatic heterocycles. The molecular weight excluding hydrogens is 170 g/mol. The summed E-state index contributed by atoms with van der Waals surface area (Å²) < 4.78 is 0. The van der Waals surface area contributed by atoms with Crippen molar-refractivity contribution in [3.63, 3.8) is 0 Å². The van der Waals surface area contributed by atoms with Crippen LogP contribution < -0.4 is 16.0 Å². The van der Waals surface area contributed by atoms with E-state index in [2.05, 4.69) is 16.0 Å². The van der Waals surface area contributed by atoms with Gasteiger partial charge in [-0.1, -0.05) is 0 Å². The van der Waals surface area contributed by atoms with E-state index in [4.69, 9.17) is 0 Å². The third-order valence-electron chi connectivity index (χ3n) is 2.14. The van der Waals surface area contributed by atoms with Crippen LogP contribution >= 0.6 is 0 Å². The standard InChI is InChI=1S/C8H17N3O2/c1-2-10-7(12)11-6-8(13)3-4-9-5-8/h9,13H,2-6H2,1H3,(H2,10,11,12). The van der Waals surface area contributed by atoms with Crippen LogP contribution in [0.5, 0.6) is 0 Å². The number of urea groups is 1. The summed E-state index contributed by atoms with van der Waals surface area (Å²) in [6.45, 7) is 4.13. The Morgan fingerprint density at radius 2 is 2.38 bits per heavy atom. The molecule has 0 saturated carbocycles. The average molecular weight is 187 g/mol. The second-order valence-corrected chi connectivity index (χ2v) is 3.36. The highest BCUT2D eigenvalue weighted by Gasteiger charge is 2.30. The first-order valence-corrected chi connectivity index (χ1v) is 4.61. The van der Waals surface area contributed by atoms with E-state index in [-0.39, 0.29) is 6.03 Å². The molecule has 5 nitrogen and oxygen atoms in total. The second-order valence-electron chi connectivity index (χ2n) is 3.36. The molecule has 2 amide bonds. The molecule has 1 heterocycles. The van der Waals surface area contributed by atoms with Crippen LogP contribution in [0.15, 0.2) is 0 Å². The highest BCUT2D eigenvalue weighted by Crippen LogP contribution is 2.12. The molecular formula is C8H17N3O2. The molecule has 5 heteroatoms. The number of aliphatic hydroxyl groups is 1. The van der Waals surface area contributed by atoms with Gasteiger partial charge in [-0.15, -0.1) is 0 Å². The summed E-state index contributed by atoms with van der Waals surface area (Å²) in [5, 5.41) is 18.1. The van der Waals surface area contributed by atoms with Gasteiger partial charge in [0, 0.05) is 19.6 Å². The number of rotatable bonds is 3. The minimum absolute atomic E-state index is 0.220. The fraction of sp³-hybridized carbons (Fsp3) is 0.875. The number of hydrogen-bond acceptors (Lipinski definition) is 3. The van der Waals surface area contributed by atoms with Crippen molar-refractivity contribution in [3.05, 3.63) is 0 Å². The first-order valence-electron chi connectivity index (χ1n) is 4.61. The minimum atomic E-state index is -0.759. The summed E-state index contributed by atoms with van der Waals surface area (Å²) in [7, 11) is 0. The first-order chi connectivity index (χ1) is 6.16. The van der Waals surface area contributed by atoms with Gasteiger partial charge in [-0.25, -0.2) is 4.79 Å². The molecule has 0 aromatic carbocycles. The van der Waals surface area contributed by atoms with Crippen molar-refractivity contribution in [2.24, 2.45) is 0 Å². The molecule has 0 radical (unpaired) electrons. The molecule has 0 aromatic rings. The van der Waals surface area contributed by atoms with Crippen LogP contribution in [-0.4, -0.2) is 42.9 Å². The van der Waals surface area contributed by atoms with Crippen LogP contribution in [0.3, 0.4) is 0 Å². The Morgan fingerprint density at radius 1 is 1.62 bits per heavy atom. The molecule has 1 rings (SSSR count). The summed E-state index contributed by atoms with van der Waals surface area (Å²) >= 11 is 0. The van der Waals surface area contributed by atoms with E-state index in [1.54, 1.807) is 0 Å². The van der Waals surface area contributed by atoms with Gasteiger partial charge in [0.25, 0.3) is 0 Å². The summed E-state index contributed by atoms with van der Waals surface area (Å²) in [5.74, 6) is 0. The van der Waals surface area contributed by atoms with Crippen LogP contribution in [0.25, 0.3) is 0 Å². The van der Waals surface area contributed by atoms with Gasteiger partial charge in [-0.2, -0.15) is 0 Å². The molecule has 1 atom stereocenters. The van der Waals surface area contributed by atoms with Gasteiger partial charge in [0.2, 0.25) is 0 Å². The number of hydrogen-bond donors (Lipinski definition) is 4. The van der Waals surface area contributed by atoms with E-state index < -0.39 is 5.60 Å². The maximum atomic E-state index is 11.0. The maximum absolute atomic E-state index is 11.0. The molecule has 1 unspecified atom stereocenters. The zero-order valence-corrected chi connectivity index (χ0v) is 7.89. The molecule has 1 saturated heterocycles. The van der Waals surface area contributed by atoms with Gasteiger partial charge in [0.1, 0.15) is 0 Å². The Bertz CT molecular complexity index is 178. The van der Waals surface area contributed by atoms with Crippen LogP contribution in [0.2, 0.25) is 0 Å². The van der Waals surface area contributed by atoms with E-state index in [1.165, 1.54) is 0 Å². The third kappa shape index (κ3) is 3.20. The Balaban J connectivity index is 2.21. The van der Waals surface area contributed by atoms with Crippen LogP contribution in [-0.2, 0) is 0 Å². The van der Waals surface area contributed by atoms with Gasteiger partial charge >= 0.3 is 6.03 Å². The number of carbonyl (C=O) groups excluding carboxylic acids is 1. The fourth-order valence-corrected chi connectivity index (χ4v) is 1.35. The SMILES string of the molecule is CCNC(=O)NCC1(O)CCNC1. The quantitative estimate of drug-likeness (QED) is 0.459. The second kappa shape index (κ2) is 4.43. The van der Waals surface area contributed by atoms with Crippen molar-refractivity contribution >= 4 is 6.03 Å². The predicted octanol–water partition coefficient (Wildman–Crippen LogP) is -0.970. The summed E-state index contributed by atoms with van der Waals surface area (Å²) in [6, 6.07) is -0.220. The Labute approximate surface area is 77.9 Å². The smallest absolute Gasteiger partial charge is 0.314 e. The van der Waals surface area contributed by atoms with E-state index in [9.17, 15) is 9.90 Å². The lowest BCUT2D eigenvalue weighted by Crippen LogP contribution is -2.47. The lowest BCUT2D eigenvalue weighted by Gasteiger charge is -2.21. The highest BCUT2D eigenvalue weighted by molar-refractivity contribution is 5.73. The van der Waals surface area contributed by atoms with Gasteiger partial charge in [-0.3, -0.25) is 0 Å². The molecule has 0 aliphatic carbocycles. The number of carbonyl (C=O) groups is 1. The lowest BCUT2D eigenvalue weighted by molar-refractivity contribution is 0.0635. The zero-order chi connectivity index (χ0) is 9.73. The van der Waals surface area contributed by atoms with E-state index >= 15 is 0 Å². The van der Waals surface area contributed by atoms with Crippen LogP contribution in [0, 0.1) is 0 Å². The van der Waals surface area contributed by atoms with Gasteiger partial charge < -0.3 is 21.1 Å². The summed E-state index contributed by atoms with van der Waals surface area (Å²) in [4.78, 5) is 11.0. The van der Waals surface area contributed by atoms with Gasteiger partial charge in [0.05, 0.1) is 5.60 Å². The number of nitrogens with one attached hydrogen (secondary N) is 3. The van der Waals surface area contributed by atoms with Gasteiger partial charge in [-0.05, 0) is 19.9 Å². The summed E-state index contributed by atoms with van der Waals surface area (Å²) in [5.41, 5.74) is -0.759. The van der Waals surface area contributed by atoms with Crippen molar-refractivity contribution in [2.75, 3.05) is 26.2 Å². The first kappa shape index (κ1) is 10.3. The summed E-state index contributed by atoms with van der Waals surface area (Å²) in [6.07, 6.45) is 0.694. The lowest BCUT2D eigenvalue weighted by atomic mass is 10.0. The average Bonchev–Trinajstić information content (AvgIpc) is 2.51. The fourth-order valence-electron chi connectivity index (χ4n) is 1.35. The Hall–Kier alpha value is -0.810. The molecule has 4 N–H and O–H groups in total. The third-order valence-corrected chi connectivity index (χ3v) is 2.14. The van der Waals surface area contributed by atoms with Crippen LogP contribution in [0.1, 0.15) is 13.3 Å². The normalized spacial score (nSPS) is 27.2. The van der Waals surface area contributed by atoms with Crippen molar-refractivity contribution in [3.8, 4) is 0 Å². The Kier molecular flexibility index (Phi) is 3.50. The highest BCUT2D eigenvalue weighted by atomic mass is 16.3. The molecule has 13 heavy (non-hydrogen) atoms. The van der Waals surface area contributed by atoms with Crippen molar-refractivity contribution in [1.82, 2.24) is 16.0 Å². The maximum Gasteiger partial charge on any atom is 0.314 e. The molecule has 0 aromatic heterocycles. The zero-order valence-electron chi connectivity index (χ0n) is 7.89. The van der Waals surface area contributed by atoms with E-state index in [0.29, 0.717) is 26.1 Å².